The molecule has 1 saturated heterocycles. The third kappa shape index (κ3) is 4.75. The lowest BCUT2D eigenvalue weighted by Gasteiger charge is -2.27. The average Bonchev–Trinajstić information content (AvgIpc) is 3.01. The molecular weight excluding hydrogens is 316 g/mol. The van der Waals surface area contributed by atoms with Crippen molar-refractivity contribution in [2.45, 2.75) is 32.7 Å². The summed E-state index contributed by atoms with van der Waals surface area (Å²) in [7, 11) is 0. The van der Waals surface area contributed by atoms with E-state index in [1.807, 2.05) is 18.2 Å². The maximum absolute atomic E-state index is 12.1. The van der Waals surface area contributed by atoms with Crippen molar-refractivity contribution in [1.82, 2.24) is 10.6 Å². The van der Waals surface area contributed by atoms with Crippen LogP contribution in [0.2, 0.25) is 0 Å². The molecular formula is C17H25ClN2O3. The van der Waals surface area contributed by atoms with Gasteiger partial charge in [0.05, 0.1) is 0 Å². The molecule has 2 aliphatic rings. The normalized spacial score (nSPS) is 18.1. The summed E-state index contributed by atoms with van der Waals surface area (Å²) in [5.41, 5.74) is 1.03. The summed E-state index contributed by atoms with van der Waals surface area (Å²) in [5.74, 6) is 2.77. The van der Waals surface area contributed by atoms with Crippen molar-refractivity contribution in [1.29, 1.82) is 0 Å². The Morgan fingerprint density at radius 1 is 1.30 bits per heavy atom. The molecule has 0 spiro atoms. The zero-order valence-corrected chi connectivity index (χ0v) is 14.3. The highest BCUT2D eigenvalue weighted by molar-refractivity contribution is 5.85. The number of piperidine rings is 1. The van der Waals surface area contributed by atoms with Crippen LogP contribution in [0, 0.1) is 11.8 Å². The van der Waals surface area contributed by atoms with Crippen LogP contribution in [0.3, 0.4) is 0 Å². The molecule has 1 aromatic rings. The summed E-state index contributed by atoms with van der Waals surface area (Å²) >= 11 is 0. The quantitative estimate of drug-likeness (QED) is 0.864. The summed E-state index contributed by atoms with van der Waals surface area (Å²) < 4.78 is 10.6. The Balaban J connectivity index is 0.00000192. The third-order valence-corrected chi connectivity index (χ3v) is 4.62. The molecule has 2 heterocycles. The first-order chi connectivity index (χ1) is 10.7. The Kier molecular flexibility index (Phi) is 6.54. The van der Waals surface area contributed by atoms with Crippen molar-refractivity contribution < 1.29 is 14.3 Å². The van der Waals surface area contributed by atoms with E-state index >= 15 is 0 Å². The third-order valence-electron chi connectivity index (χ3n) is 4.62. The van der Waals surface area contributed by atoms with Crippen LogP contribution >= 0.6 is 12.4 Å². The SMILES string of the molecule is CC(CC(=O)NCc1ccc2c(c1)OCO2)C1CCNCC1.Cl. The molecule has 0 aromatic heterocycles. The van der Waals surface area contributed by atoms with E-state index in [2.05, 4.69) is 17.6 Å². The predicted molar refractivity (Wildman–Crippen MR) is 91.0 cm³/mol. The molecule has 23 heavy (non-hydrogen) atoms. The van der Waals surface area contributed by atoms with Gasteiger partial charge in [-0.05, 0) is 55.5 Å². The molecule has 1 unspecified atom stereocenters. The van der Waals surface area contributed by atoms with Crippen LogP contribution in [0.25, 0.3) is 0 Å². The number of hydrogen-bond donors (Lipinski definition) is 2. The second kappa shape index (κ2) is 8.41. The van der Waals surface area contributed by atoms with Gasteiger partial charge in [-0.15, -0.1) is 12.4 Å². The van der Waals surface area contributed by atoms with Gasteiger partial charge in [0.2, 0.25) is 12.7 Å². The van der Waals surface area contributed by atoms with Gasteiger partial charge in [-0.25, -0.2) is 0 Å². The number of amides is 1. The Morgan fingerprint density at radius 2 is 2.04 bits per heavy atom. The number of carbonyl (C=O) groups is 1. The molecule has 2 N–H and O–H groups in total. The molecule has 6 heteroatoms. The molecule has 5 nitrogen and oxygen atoms in total. The summed E-state index contributed by atoms with van der Waals surface area (Å²) in [6.07, 6.45) is 2.96. The van der Waals surface area contributed by atoms with Crippen LogP contribution in [-0.4, -0.2) is 25.8 Å². The fraction of sp³-hybridized carbons (Fsp3) is 0.588. The second-order valence-corrected chi connectivity index (χ2v) is 6.23. The second-order valence-electron chi connectivity index (χ2n) is 6.23. The van der Waals surface area contributed by atoms with Gasteiger partial charge in [0.25, 0.3) is 0 Å². The lowest BCUT2D eigenvalue weighted by Crippen LogP contribution is -2.33. The number of halogens is 1. The zero-order valence-electron chi connectivity index (χ0n) is 13.5. The largest absolute Gasteiger partial charge is 0.454 e. The Morgan fingerprint density at radius 3 is 2.83 bits per heavy atom. The van der Waals surface area contributed by atoms with Crippen LogP contribution in [0.4, 0.5) is 0 Å². The smallest absolute Gasteiger partial charge is 0.231 e. The van der Waals surface area contributed by atoms with Gasteiger partial charge in [0.1, 0.15) is 0 Å². The van der Waals surface area contributed by atoms with Gasteiger partial charge < -0.3 is 20.1 Å². The molecule has 1 fully saturated rings. The number of ether oxygens (including phenoxy) is 2. The molecule has 3 rings (SSSR count). The van der Waals surface area contributed by atoms with Gasteiger partial charge in [0, 0.05) is 13.0 Å². The summed E-state index contributed by atoms with van der Waals surface area (Å²) in [5, 5.41) is 6.38. The van der Waals surface area contributed by atoms with E-state index in [1.165, 1.54) is 12.8 Å². The van der Waals surface area contributed by atoms with E-state index in [1.54, 1.807) is 0 Å². The van der Waals surface area contributed by atoms with Crippen LogP contribution in [-0.2, 0) is 11.3 Å². The standard InChI is InChI=1S/C17H24N2O3.ClH/c1-12(14-4-6-18-7-5-14)8-17(20)19-10-13-2-3-15-16(9-13)22-11-21-15;/h2-3,9,12,14,18H,4-8,10-11H2,1H3,(H,19,20);1H. The van der Waals surface area contributed by atoms with E-state index in [4.69, 9.17) is 9.47 Å². The summed E-state index contributed by atoms with van der Waals surface area (Å²) in [6.45, 7) is 5.16. The van der Waals surface area contributed by atoms with E-state index in [0.717, 1.165) is 30.2 Å². The molecule has 1 aromatic carbocycles. The zero-order chi connectivity index (χ0) is 15.4. The van der Waals surface area contributed by atoms with Crippen molar-refractivity contribution >= 4 is 18.3 Å². The van der Waals surface area contributed by atoms with Gasteiger partial charge >= 0.3 is 0 Å². The molecule has 2 aliphatic heterocycles. The first kappa shape index (κ1) is 17.9. The molecule has 0 saturated carbocycles. The molecule has 1 amide bonds. The Labute approximate surface area is 143 Å². The van der Waals surface area contributed by atoms with Crippen molar-refractivity contribution in [2.75, 3.05) is 19.9 Å². The number of rotatable bonds is 5. The number of carbonyl (C=O) groups excluding carboxylic acids is 1. The van der Waals surface area contributed by atoms with Crippen molar-refractivity contribution in [2.24, 2.45) is 11.8 Å². The fourth-order valence-corrected chi connectivity index (χ4v) is 3.20. The monoisotopic (exact) mass is 340 g/mol. The minimum atomic E-state index is 0. The van der Waals surface area contributed by atoms with E-state index in [-0.39, 0.29) is 25.1 Å². The van der Waals surface area contributed by atoms with Crippen LogP contribution in [0.5, 0.6) is 11.5 Å². The minimum Gasteiger partial charge on any atom is -0.454 e. The van der Waals surface area contributed by atoms with Crippen molar-refractivity contribution in [3.8, 4) is 11.5 Å². The van der Waals surface area contributed by atoms with Gasteiger partial charge in [-0.1, -0.05) is 13.0 Å². The number of nitrogens with one attached hydrogen (secondary N) is 2. The van der Waals surface area contributed by atoms with Crippen molar-refractivity contribution in [3.63, 3.8) is 0 Å². The number of hydrogen-bond acceptors (Lipinski definition) is 4. The molecule has 0 bridgehead atoms. The Hall–Kier alpha value is -1.46. The first-order valence-corrected chi connectivity index (χ1v) is 8.08. The predicted octanol–water partition coefficient (Wildman–Crippen LogP) is 2.48. The first-order valence-electron chi connectivity index (χ1n) is 8.08. The average molecular weight is 341 g/mol. The highest BCUT2D eigenvalue weighted by atomic mass is 35.5. The fourth-order valence-electron chi connectivity index (χ4n) is 3.20. The molecule has 1 atom stereocenters. The van der Waals surface area contributed by atoms with Gasteiger partial charge in [0.15, 0.2) is 11.5 Å². The van der Waals surface area contributed by atoms with Gasteiger partial charge in [-0.2, -0.15) is 0 Å². The lowest BCUT2D eigenvalue weighted by molar-refractivity contribution is -0.122. The molecule has 128 valence electrons. The highest BCUT2D eigenvalue weighted by Gasteiger charge is 2.22. The molecule has 0 aliphatic carbocycles. The minimum absolute atomic E-state index is 0. The van der Waals surface area contributed by atoms with E-state index in [0.29, 0.717) is 24.8 Å². The maximum Gasteiger partial charge on any atom is 0.231 e. The topological polar surface area (TPSA) is 59.6 Å². The van der Waals surface area contributed by atoms with Crippen LogP contribution in [0.15, 0.2) is 18.2 Å². The van der Waals surface area contributed by atoms with Crippen LogP contribution < -0.4 is 20.1 Å². The van der Waals surface area contributed by atoms with Crippen molar-refractivity contribution in [3.05, 3.63) is 23.8 Å². The lowest BCUT2D eigenvalue weighted by atomic mass is 9.84. The molecule has 0 radical (unpaired) electrons. The maximum atomic E-state index is 12.1. The highest BCUT2D eigenvalue weighted by Crippen LogP contribution is 2.32. The Bertz CT molecular complexity index is 533. The number of fused-ring (bicyclic) bond motifs is 1. The van der Waals surface area contributed by atoms with E-state index < -0.39 is 0 Å². The van der Waals surface area contributed by atoms with Gasteiger partial charge in [-0.3, -0.25) is 4.79 Å². The van der Waals surface area contributed by atoms with Crippen LogP contribution in [0.1, 0.15) is 31.7 Å². The summed E-state index contributed by atoms with van der Waals surface area (Å²) in [4.78, 5) is 12.1. The van der Waals surface area contributed by atoms with E-state index in [9.17, 15) is 4.79 Å². The summed E-state index contributed by atoms with van der Waals surface area (Å²) in [6, 6.07) is 5.78. The number of benzene rings is 1.